The molecular formula is C28H30N2O3. The number of amides is 2. The van der Waals surface area contributed by atoms with E-state index in [0.29, 0.717) is 22.4 Å². The molecule has 1 saturated heterocycles. The third-order valence-electron chi connectivity index (χ3n) is 6.53. The highest BCUT2D eigenvalue weighted by molar-refractivity contribution is 6.01. The minimum atomic E-state index is -1.85. The van der Waals surface area contributed by atoms with Gasteiger partial charge in [0, 0.05) is 23.3 Å². The molecule has 0 aliphatic carbocycles. The first-order valence-electron chi connectivity index (χ1n) is 11.5. The van der Waals surface area contributed by atoms with Crippen LogP contribution in [0, 0.1) is 0 Å². The van der Waals surface area contributed by atoms with Crippen LogP contribution in [0.25, 0.3) is 0 Å². The normalized spacial score (nSPS) is 18.6. The number of aliphatic hydroxyl groups is 1. The Morgan fingerprint density at radius 3 is 1.79 bits per heavy atom. The summed E-state index contributed by atoms with van der Waals surface area (Å²) in [4.78, 5) is 28.4. The lowest BCUT2D eigenvalue weighted by molar-refractivity contribution is -0.131. The molecule has 4 rings (SSSR count). The van der Waals surface area contributed by atoms with Gasteiger partial charge >= 0.3 is 0 Å². The van der Waals surface area contributed by atoms with Crippen molar-refractivity contribution in [2.45, 2.75) is 50.8 Å². The zero-order valence-electron chi connectivity index (χ0n) is 19.1. The van der Waals surface area contributed by atoms with E-state index < -0.39 is 11.5 Å². The summed E-state index contributed by atoms with van der Waals surface area (Å²) in [6.07, 6.45) is 3.17. The molecule has 33 heavy (non-hydrogen) atoms. The second kappa shape index (κ2) is 9.59. The number of rotatable bonds is 5. The van der Waals surface area contributed by atoms with Crippen molar-refractivity contribution in [3.63, 3.8) is 0 Å². The van der Waals surface area contributed by atoms with E-state index in [0.717, 1.165) is 19.3 Å². The van der Waals surface area contributed by atoms with E-state index in [1.165, 1.54) is 0 Å². The monoisotopic (exact) mass is 442 g/mol. The van der Waals surface area contributed by atoms with Crippen molar-refractivity contribution in [1.82, 2.24) is 4.90 Å². The molecule has 1 aliphatic rings. The Kier molecular flexibility index (Phi) is 6.61. The SMILES string of the molecule is C[C@H]1CCC[C@H](C)N1C(=O)c1ccc(NC(=O)C(O)(c2ccccc2)c2ccccc2)cc1. The molecule has 0 radical (unpaired) electrons. The van der Waals surface area contributed by atoms with Gasteiger partial charge in [-0.3, -0.25) is 9.59 Å². The zero-order chi connectivity index (χ0) is 23.4. The molecule has 0 spiro atoms. The van der Waals surface area contributed by atoms with Crippen molar-refractivity contribution in [2.75, 3.05) is 5.32 Å². The van der Waals surface area contributed by atoms with Crippen LogP contribution in [0.5, 0.6) is 0 Å². The Morgan fingerprint density at radius 2 is 1.30 bits per heavy atom. The van der Waals surface area contributed by atoms with Crippen molar-refractivity contribution < 1.29 is 14.7 Å². The maximum Gasteiger partial charge on any atom is 0.265 e. The lowest BCUT2D eigenvalue weighted by atomic mass is 9.85. The summed E-state index contributed by atoms with van der Waals surface area (Å²) in [6.45, 7) is 4.19. The van der Waals surface area contributed by atoms with E-state index in [4.69, 9.17) is 0 Å². The fourth-order valence-electron chi connectivity index (χ4n) is 4.68. The van der Waals surface area contributed by atoms with Crippen LogP contribution >= 0.6 is 0 Å². The number of piperidine rings is 1. The van der Waals surface area contributed by atoms with Gasteiger partial charge < -0.3 is 15.3 Å². The highest BCUT2D eigenvalue weighted by Crippen LogP contribution is 2.31. The highest BCUT2D eigenvalue weighted by atomic mass is 16.3. The first-order chi connectivity index (χ1) is 15.9. The number of benzene rings is 3. The molecule has 2 atom stereocenters. The Balaban J connectivity index is 1.56. The quantitative estimate of drug-likeness (QED) is 0.587. The standard InChI is InChI=1S/C28H30N2O3/c1-20-10-9-11-21(2)30(20)26(31)22-16-18-25(19-17-22)29-27(32)28(33,23-12-5-3-6-13-23)24-14-7-4-8-15-24/h3-8,12-21,33H,9-11H2,1-2H3,(H,29,32)/t20-,21-/m0/s1. The molecule has 170 valence electrons. The van der Waals surface area contributed by atoms with Gasteiger partial charge in [0.05, 0.1) is 0 Å². The molecule has 1 fully saturated rings. The number of nitrogens with zero attached hydrogens (tertiary/aromatic N) is 1. The Hall–Kier alpha value is -3.44. The molecule has 0 bridgehead atoms. The van der Waals surface area contributed by atoms with Gasteiger partial charge in [-0.05, 0) is 68.5 Å². The van der Waals surface area contributed by atoms with Crippen LogP contribution in [0.2, 0.25) is 0 Å². The van der Waals surface area contributed by atoms with Crippen LogP contribution in [0.15, 0.2) is 84.9 Å². The van der Waals surface area contributed by atoms with Crippen LogP contribution in [0.1, 0.15) is 54.6 Å². The minimum absolute atomic E-state index is 0.0117. The van der Waals surface area contributed by atoms with Crippen LogP contribution in [0.3, 0.4) is 0 Å². The summed E-state index contributed by atoms with van der Waals surface area (Å²) in [5.41, 5.74) is 0.217. The summed E-state index contributed by atoms with van der Waals surface area (Å²) in [5, 5.41) is 14.4. The molecule has 0 unspecified atom stereocenters. The maximum absolute atomic E-state index is 13.4. The molecule has 1 heterocycles. The molecule has 5 nitrogen and oxygen atoms in total. The minimum Gasteiger partial charge on any atom is -0.372 e. The van der Waals surface area contributed by atoms with Crippen LogP contribution in [0.4, 0.5) is 5.69 Å². The summed E-state index contributed by atoms with van der Waals surface area (Å²) in [7, 11) is 0. The van der Waals surface area contributed by atoms with Crippen molar-refractivity contribution >= 4 is 17.5 Å². The summed E-state index contributed by atoms with van der Waals surface area (Å²) in [5.74, 6) is -0.546. The third-order valence-corrected chi connectivity index (χ3v) is 6.53. The predicted octanol–water partition coefficient (Wildman–Crippen LogP) is 4.96. The number of hydrogen-bond acceptors (Lipinski definition) is 3. The van der Waals surface area contributed by atoms with Gasteiger partial charge in [-0.2, -0.15) is 0 Å². The van der Waals surface area contributed by atoms with Crippen molar-refractivity contribution in [2.24, 2.45) is 0 Å². The van der Waals surface area contributed by atoms with Gasteiger partial charge in [-0.25, -0.2) is 0 Å². The predicted molar refractivity (Wildman–Crippen MR) is 130 cm³/mol. The number of anilines is 1. The van der Waals surface area contributed by atoms with E-state index in [1.54, 1.807) is 72.8 Å². The first kappa shape index (κ1) is 22.7. The van der Waals surface area contributed by atoms with E-state index in [2.05, 4.69) is 19.2 Å². The average Bonchev–Trinajstić information content (AvgIpc) is 2.85. The number of nitrogens with one attached hydrogen (secondary N) is 1. The maximum atomic E-state index is 13.4. The molecule has 5 heteroatoms. The third kappa shape index (κ3) is 4.55. The first-order valence-corrected chi connectivity index (χ1v) is 11.5. The molecule has 3 aromatic carbocycles. The van der Waals surface area contributed by atoms with E-state index in [9.17, 15) is 14.7 Å². The number of carbonyl (C=O) groups is 2. The van der Waals surface area contributed by atoms with E-state index in [-0.39, 0.29) is 18.0 Å². The molecule has 2 amide bonds. The van der Waals surface area contributed by atoms with Crippen LogP contribution in [-0.4, -0.2) is 33.9 Å². The summed E-state index contributed by atoms with van der Waals surface area (Å²) < 4.78 is 0. The Bertz CT molecular complexity index is 1050. The molecule has 1 aliphatic heterocycles. The zero-order valence-corrected chi connectivity index (χ0v) is 19.1. The number of carbonyl (C=O) groups excluding carboxylic acids is 2. The second-order valence-corrected chi connectivity index (χ2v) is 8.82. The van der Waals surface area contributed by atoms with Crippen molar-refractivity contribution in [1.29, 1.82) is 0 Å². The van der Waals surface area contributed by atoms with E-state index in [1.807, 2.05) is 17.0 Å². The largest absolute Gasteiger partial charge is 0.372 e. The van der Waals surface area contributed by atoms with Gasteiger partial charge in [-0.15, -0.1) is 0 Å². The number of hydrogen-bond donors (Lipinski definition) is 2. The Labute approximate surface area is 195 Å². The van der Waals surface area contributed by atoms with Gasteiger partial charge in [0.2, 0.25) is 0 Å². The van der Waals surface area contributed by atoms with Gasteiger partial charge in [0.25, 0.3) is 11.8 Å². The lowest BCUT2D eigenvalue weighted by Gasteiger charge is -2.39. The number of likely N-dealkylation sites (tertiary alicyclic amines) is 1. The Morgan fingerprint density at radius 1 is 0.818 bits per heavy atom. The van der Waals surface area contributed by atoms with Crippen molar-refractivity contribution in [3.05, 3.63) is 102 Å². The fourth-order valence-corrected chi connectivity index (χ4v) is 4.68. The van der Waals surface area contributed by atoms with Crippen LogP contribution in [-0.2, 0) is 10.4 Å². The molecule has 0 aromatic heterocycles. The topological polar surface area (TPSA) is 69.6 Å². The van der Waals surface area contributed by atoms with Crippen LogP contribution < -0.4 is 5.32 Å². The van der Waals surface area contributed by atoms with Gasteiger partial charge in [0.1, 0.15) is 0 Å². The molecule has 2 N–H and O–H groups in total. The highest BCUT2D eigenvalue weighted by Gasteiger charge is 2.40. The van der Waals surface area contributed by atoms with Gasteiger partial charge in [-0.1, -0.05) is 60.7 Å². The smallest absolute Gasteiger partial charge is 0.265 e. The van der Waals surface area contributed by atoms with Gasteiger partial charge in [0.15, 0.2) is 5.60 Å². The molecular weight excluding hydrogens is 412 g/mol. The lowest BCUT2D eigenvalue weighted by Crippen LogP contribution is -2.47. The molecule has 3 aromatic rings. The molecule has 0 saturated carbocycles. The van der Waals surface area contributed by atoms with Crippen molar-refractivity contribution in [3.8, 4) is 0 Å². The fraction of sp³-hybridized carbons (Fsp3) is 0.286. The average molecular weight is 443 g/mol. The van der Waals surface area contributed by atoms with E-state index >= 15 is 0 Å². The second-order valence-electron chi connectivity index (χ2n) is 8.82. The summed E-state index contributed by atoms with van der Waals surface area (Å²) in [6, 6.07) is 25.1. The summed E-state index contributed by atoms with van der Waals surface area (Å²) >= 11 is 0.